The summed E-state index contributed by atoms with van der Waals surface area (Å²) in [7, 11) is -6.38. The molecule has 11 heteroatoms. The number of carbonyl (C=O) groups excluding carboxylic acids is 2. The van der Waals surface area contributed by atoms with Crippen molar-refractivity contribution in [3.63, 3.8) is 0 Å². The second kappa shape index (κ2) is 17.0. The van der Waals surface area contributed by atoms with Crippen molar-refractivity contribution in [2.75, 3.05) is 45.4 Å². The van der Waals surface area contributed by atoms with Crippen LogP contribution < -0.4 is 0 Å². The molecule has 0 heterocycles. The molecule has 0 N–H and O–H groups in total. The maximum Gasteiger partial charge on any atom is 0.330 e. The highest BCUT2D eigenvalue weighted by Crippen LogP contribution is 2.49. The molecule has 1 unspecified atom stereocenters. The monoisotopic (exact) mass is 486 g/mol. The number of unbranched alkanes of at least 4 members (excludes halogenated alkanes) is 1. The van der Waals surface area contributed by atoms with E-state index in [4.69, 9.17) is 22.8 Å². The van der Waals surface area contributed by atoms with Crippen LogP contribution in [-0.4, -0.2) is 57.1 Å². The number of hydrogen-bond donors (Lipinski definition) is 0. The van der Waals surface area contributed by atoms with Gasteiger partial charge in [0, 0.05) is 6.42 Å². The van der Waals surface area contributed by atoms with Crippen molar-refractivity contribution in [1.82, 2.24) is 0 Å². The zero-order chi connectivity index (χ0) is 23.8. The molecule has 0 saturated carbocycles. The molecule has 0 amide bonds. The van der Waals surface area contributed by atoms with E-state index in [-0.39, 0.29) is 64.0 Å². The quantitative estimate of drug-likeness (QED) is 0.0989. The fraction of sp³-hybridized carbons (Fsp3) is 0.900. The summed E-state index contributed by atoms with van der Waals surface area (Å²) in [4.78, 5) is 25.0. The smallest absolute Gasteiger partial charge is 0.330 e. The van der Waals surface area contributed by atoms with E-state index >= 15 is 0 Å². The zero-order valence-corrected chi connectivity index (χ0v) is 21.4. The molecule has 0 aromatic rings. The Hall–Kier alpha value is -0.560. The molecule has 0 fully saturated rings. The molecular weight excluding hydrogens is 446 g/mol. The van der Waals surface area contributed by atoms with E-state index in [9.17, 15) is 18.7 Å². The Kier molecular flexibility index (Phi) is 16.7. The predicted octanol–water partition coefficient (Wildman–Crippen LogP) is 5.22. The molecule has 0 spiro atoms. The summed E-state index contributed by atoms with van der Waals surface area (Å²) in [6.45, 7) is 9.88. The molecule has 0 aliphatic rings. The van der Waals surface area contributed by atoms with Crippen molar-refractivity contribution < 1.29 is 41.6 Å². The Morgan fingerprint density at radius 1 is 0.677 bits per heavy atom. The summed E-state index contributed by atoms with van der Waals surface area (Å²) >= 11 is 0. The molecular formula is C20H40O9P2. The normalized spacial score (nSPS) is 13.2. The molecule has 0 aromatic heterocycles. The maximum atomic E-state index is 12.7. The van der Waals surface area contributed by atoms with E-state index in [1.165, 1.54) is 0 Å². The first kappa shape index (κ1) is 30.4. The molecule has 0 bridgehead atoms. The van der Waals surface area contributed by atoms with E-state index in [0.29, 0.717) is 19.3 Å². The van der Waals surface area contributed by atoms with Gasteiger partial charge in [0.15, 0.2) is 0 Å². The van der Waals surface area contributed by atoms with Crippen molar-refractivity contribution in [2.45, 2.75) is 66.7 Å². The first-order valence-corrected chi connectivity index (χ1v) is 14.6. The third kappa shape index (κ3) is 12.9. The van der Waals surface area contributed by atoms with Gasteiger partial charge in [0.25, 0.3) is 0 Å². The lowest BCUT2D eigenvalue weighted by Crippen LogP contribution is -2.26. The van der Waals surface area contributed by atoms with Crippen LogP contribution >= 0.6 is 15.2 Å². The molecule has 0 saturated heterocycles. The molecule has 31 heavy (non-hydrogen) atoms. The van der Waals surface area contributed by atoms with Crippen molar-refractivity contribution in [3.05, 3.63) is 0 Å². The molecule has 0 aliphatic carbocycles. The molecule has 9 nitrogen and oxygen atoms in total. The number of rotatable bonds is 20. The fourth-order valence-corrected chi connectivity index (χ4v) is 6.46. The number of ketones is 1. The van der Waals surface area contributed by atoms with Crippen LogP contribution in [0.1, 0.15) is 66.7 Å². The zero-order valence-electron chi connectivity index (χ0n) is 19.6. The average Bonchev–Trinajstić information content (AvgIpc) is 2.69. The van der Waals surface area contributed by atoms with Gasteiger partial charge in [0.05, 0.1) is 45.4 Å². The minimum Gasteiger partial charge on any atom is -0.465 e. The number of hydrogen-bond acceptors (Lipinski definition) is 9. The number of carbonyl (C=O) groups is 2. The Balaban J connectivity index is 4.80. The van der Waals surface area contributed by atoms with E-state index in [2.05, 4.69) is 0 Å². The van der Waals surface area contributed by atoms with Crippen LogP contribution in [0.3, 0.4) is 0 Å². The van der Waals surface area contributed by atoms with Crippen LogP contribution in [-0.2, 0) is 41.6 Å². The van der Waals surface area contributed by atoms with Crippen molar-refractivity contribution in [2.24, 2.45) is 5.92 Å². The van der Waals surface area contributed by atoms with Crippen molar-refractivity contribution in [3.8, 4) is 0 Å². The van der Waals surface area contributed by atoms with Gasteiger partial charge in [-0.1, -0.05) is 0 Å². The van der Waals surface area contributed by atoms with E-state index < -0.39 is 27.1 Å². The summed E-state index contributed by atoms with van der Waals surface area (Å²) in [6.07, 6.45) is 1.96. The van der Waals surface area contributed by atoms with E-state index in [1.807, 2.05) is 0 Å². The lowest BCUT2D eigenvalue weighted by atomic mass is 9.95. The number of Topliss-reactive ketones (excluding diaryl/α,β-unsaturated/α-hetero) is 1. The van der Waals surface area contributed by atoms with Crippen LogP contribution in [0.4, 0.5) is 0 Å². The third-order valence-electron chi connectivity index (χ3n) is 4.29. The Morgan fingerprint density at radius 2 is 1.13 bits per heavy atom. The van der Waals surface area contributed by atoms with Gasteiger partial charge in [-0.05, 0) is 60.3 Å². The minimum absolute atomic E-state index is 0.129. The fourth-order valence-electron chi connectivity index (χ4n) is 3.04. The van der Waals surface area contributed by atoms with Crippen molar-refractivity contribution >= 4 is 26.9 Å². The predicted molar refractivity (Wildman–Crippen MR) is 120 cm³/mol. The summed E-state index contributed by atoms with van der Waals surface area (Å²) < 4.78 is 51.1. The van der Waals surface area contributed by atoms with Crippen LogP contribution in [0.25, 0.3) is 0 Å². The second-order valence-corrected chi connectivity index (χ2v) is 11.1. The van der Waals surface area contributed by atoms with Gasteiger partial charge >= 0.3 is 21.2 Å². The summed E-state index contributed by atoms with van der Waals surface area (Å²) in [6, 6.07) is 0. The van der Waals surface area contributed by atoms with Gasteiger partial charge < -0.3 is 22.8 Å². The maximum absolute atomic E-state index is 12.7. The topological polar surface area (TPSA) is 114 Å². The van der Waals surface area contributed by atoms with Gasteiger partial charge in [0.1, 0.15) is 11.7 Å². The van der Waals surface area contributed by atoms with E-state index in [1.54, 1.807) is 34.6 Å². The highest BCUT2D eigenvalue weighted by molar-refractivity contribution is 7.54. The Labute approximate surface area is 186 Å². The van der Waals surface area contributed by atoms with Gasteiger partial charge in [-0.2, -0.15) is 0 Å². The molecule has 0 aromatic carbocycles. The minimum atomic E-state index is -3.23. The number of ether oxygens (including phenoxy) is 1. The molecule has 0 aliphatic heterocycles. The third-order valence-corrected chi connectivity index (χ3v) is 8.63. The van der Waals surface area contributed by atoms with Gasteiger partial charge in [-0.15, -0.1) is 0 Å². The van der Waals surface area contributed by atoms with Gasteiger partial charge in [-0.3, -0.25) is 18.7 Å². The second-order valence-electron chi connectivity index (χ2n) is 6.71. The van der Waals surface area contributed by atoms with Crippen LogP contribution in [0, 0.1) is 5.92 Å². The summed E-state index contributed by atoms with van der Waals surface area (Å²) in [5.41, 5.74) is 0. The Bertz CT molecular complexity index is 589. The van der Waals surface area contributed by atoms with Gasteiger partial charge in [0.2, 0.25) is 0 Å². The molecule has 1 atom stereocenters. The highest BCUT2D eigenvalue weighted by atomic mass is 31.2. The highest BCUT2D eigenvalue weighted by Gasteiger charge is 2.30. The average molecular weight is 486 g/mol. The van der Waals surface area contributed by atoms with Crippen LogP contribution in [0.15, 0.2) is 0 Å². The van der Waals surface area contributed by atoms with Crippen molar-refractivity contribution in [1.29, 1.82) is 0 Å². The lowest BCUT2D eigenvalue weighted by molar-refractivity contribution is -0.151. The Morgan fingerprint density at radius 3 is 1.55 bits per heavy atom. The molecule has 184 valence electrons. The molecule has 0 rings (SSSR count). The summed E-state index contributed by atoms with van der Waals surface area (Å²) in [5, 5.41) is 0. The first-order chi connectivity index (χ1) is 14.7. The van der Waals surface area contributed by atoms with Crippen LogP contribution in [0.2, 0.25) is 0 Å². The largest absolute Gasteiger partial charge is 0.465 e. The van der Waals surface area contributed by atoms with Crippen LogP contribution in [0.5, 0.6) is 0 Å². The number of esters is 1. The summed E-state index contributed by atoms with van der Waals surface area (Å²) in [5.74, 6) is -1.75. The standard InChI is InChI=1S/C20H40O9P2/c1-6-25-20(22)18(14-13-17-31(24,28-9-4)29-10-5)19(21)15-11-12-16-30(23,26-7-2)27-8-3/h18H,6-17H2,1-5H3. The van der Waals surface area contributed by atoms with Gasteiger partial charge in [-0.25, -0.2) is 0 Å². The lowest BCUT2D eigenvalue weighted by Gasteiger charge is -2.19. The SMILES string of the molecule is CCOC(=O)C(CCCP(=O)(OCC)OCC)C(=O)CCCCP(=O)(OCC)OCC. The molecule has 0 radical (unpaired) electrons. The first-order valence-electron chi connectivity index (χ1n) is 11.2. The van der Waals surface area contributed by atoms with E-state index in [0.717, 1.165) is 0 Å².